The van der Waals surface area contributed by atoms with Crippen LogP contribution in [0.25, 0.3) is 0 Å². The van der Waals surface area contributed by atoms with Crippen LogP contribution in [0.4, 0.5) is 4.79 Å². The molecule has 2 atom stereocenters. The van der Waals surface area contributed by atoms with Crippen molar-refractivity contribution in [2.75, 3.05) is 7.11 Å². The molecule has 0 spiro atoms. The van der Waals surface area contributed by atoms with Gasteiger partial charge in [0.05, 0.1) is 7.11 Å². The van der Waals surface area contributed by atoms with Gasteiger partial charge in [-0.15, -0.1) is 0 Å². The number of benzene rings is 1. The maximum Gasteiger partial charge on any atom is 0.347 e. The zero-order valence-corrected chi connectivity index (χ0v) is 14.4. The number of rotatable bonds is 7. The van der Waals surface area contributed by atoms with E-state index in [-0.39, 0.29) is 6.04 Å². The molecule has 2 N–H and O–H groups in total. The lowest BCUT2D eigenvalue weighted by Crippen LogP contribution is -2.46. The molecule has 0 bridgehead atoms. The summed E-state index contributed by atoms with van der Waals surface area (Å²) in [6.45, 7) is 2.90. The van der Waals surface area contributed by atoms with E-state index in [0.717, 1.165) is 12.8 Å². The van der Waals surface area contributed by atoms with E-state index in [1.54, 1.807) is 31.4 Å². The van der Waals surface area contributed by atoms with Gasteiger partial charge in [0.15, 0.2) is 12.2 Å². The minimum absolute atomic E-state index is 0.128. The van der Waals surface area contributed by atoms with Gasteiger partial charge >= 0.3 is 12.0 Å². The first kappa shape index (κ1) is 18.6. The Morgan fingerprint density at radius 1 is 1.04 bits per heavy atom. The third kappa shape index (κ3) is 5.98. The molecule has 1 aliphatic rings. The third-order valence-corrected chi connectivity index (χ3v) is 3.52. The highest BCUT2D eigenvalue weighted by Crippen LogP contribution is 2.19. The monoisotopic (exact) mass is 350 g/mol. The maximum atomic E-state index is 12.0. The molecule has 136 valence electrons. The Bertz CT molecular complexity index is 627. The van der Waals surface area contributed by atoms with E-state index in [4.69, 9.17) is 14.2 Å². The highest BCUT2D eigenvalue weighted by molar-refractivity contribution is 5.97. The Kier molecular flexibility index (Phi) is 6.21. The van der Waals surface area contributed by atoms with Crippen LogP contribution in [0.15, 0.2) is 24.3 Å². The van der Waals surface area contributed by atoms with Crippen molar-refractivity contribution in [3.05, 3.63) is 24.3 Å². The van der Waals surface area contributed by atoms with Gasteiger partial charge < -0.3 is 19.5 Å². The molecule has 8 nitrogen and oxygen atoms in total. The van der Waals surface area contributed by atoms with Crippen LogP contribution in [0.3, 0.4) is 0 Å². The van der Waals surface area contributed by atoms with Crippen LogP contribution in [0.5, 0.6) is 11.5 Å². The van der Waals surface area contributed by atoms with Gasteiger partial charge in [0.25, 0.3) is 5.91 Å². The lowest BCUT2D eigenvalue weighted by Gasteiger charge is -2.17. The number of imide groups is 1. The van der Waals surface area contributed by atoms with Gasteiger partial charge in [-0.3, -0.25) is 10.1 Å². The normalized spacial score (nSPS) is 15.5. The first-order valence-electron chi connectivity index (χ1n) is 8.01. The standard InChI is InChI=1S/C17H22N2O6/c1-10(15(20)19-17(22)18-12-4-5-12)25-16(21)11(2)24-14-8-6-13(23-3)7-9-14/h6-12H,4-5H2,1-3H3,(H2,18,19,20,22). The van der Waals surface area contributed by atoms with Crippen LogP contribution in [-0.4, -0.2) is 43.3 Å². The van der Waals surface area contributed by atoms with Crippen molar-refractivity contribution in [1.82, 2.24) is 10.6 Å². The second kappa shape index (κ2) is 8.36. The average molecular weight is 350 g/mol. The van der Waals surface area contributed by atoms with E-state index >= 15 is 0 Å². The molecule has 0 aliphatic heterocycles. The largest absolute Gasteiger partial charge is 0.497 e. The number of amides is 3. The Balaban J connectivity index is 1.77. The van der Waals surface area contributed by atoms with Gasteiger partial charge in [-0.2, -0.15) is 0 Å². The van der Waals surface area contributed by atoms with Crippen molar-refractivity contribution in [2.45, 2.75) is 44.9 Å². The number of urea groups is 1. The number of esters is 1. The van der Waals surface area contributed by atoms with E-state index in [2.05, 4.69) is 10.6 Å². The molecule has 1 saturated carbocycles. The van der Waals surface area contributed by atoms with Gasteiger partial charge in [-0.25, -0.2) is 9.59 Å². The van der Waals surface area contributed by atoms with Crippen molar-refractivity contribution < 1.29 is 28.6 Å². The highest BCUT2D eigenvalue weighted by Gasteiger charge is 2.27. The summed E-state index contributed by atoms with van der Waals surface area (Å²) in [5.74, 6) is -0.271. The first-order valence-corrected chi connectivity index (χ1v) is 8.01. The lowest BCUT2D eigenvalue weighted by molar-refractivity contribution is -0.160. The summed E-state index contributed by atoms with van der Waals surface area (Å²) < 4.78 is 15.5. The average Bonchev–Trinajstić information content (AvgIpc) is 3.39. The maximum absolute atomic E-state index is 12.0. The zero-order valence-electron chi connectivity index (χ0n) is 14.4. The summed E-state index contributed by atoms with van der Waals surface area (Å²) in [5.41, 5.74) is 0. The second-order valence-corrected chi connectivity index (χ2v) is 5.75. The fraction of sp³-hybridized carbons (Fsp3) is 0.471. The molecule has 0 heterocycles. The van der Waals surface area contributed by atoms with Crippen LogP contribution in [0.1, 0.15) is 26.7 Å². The molecule has 1 aromatic rings. The molecule has 3 amide bonds. The van der Waals surface area contributed by atoms with Crippen molar-refractivity contribution in [1.29, 1.82) is 0 Å². The summed E-state index contributed by atoms with van der Waals surface area (Å²) in [6, 6.07) is 6.24. The molecular formula is C17H22N2O6. The van der Waals surface area contributed by atoms with Gasteiger partial charge in [0.1, 0.15) is 11.5 Å². The van der Waals surface area contributed by atoms with E-state index in [1.807, 2.05) is 0 Å². The SMILES string of the molecule is COc1ccc(OC(C)C(=O)OC(C)C(=O)NC(=O)NC2CC2)cc1. The Hall–Kier alpha value is -2.77. The number of nitrogens with one attached hydrogen (secondary N) is 2. The smallest absolute Gasteiger partial charge is 0.347 e. The minimum atomic E-state index is -1.11. The molecule has 25 heavy (non-hydrogen) atoms. The number of carbonyl (C=O) groups excluding carboxylic acids is 3. The minimum Gasteiger partial charge on any atom is -0.497 e. The number of ether oxygens (including phenoxy) is 3. The summed E-state index contributed by atoms with van der Waals surface area (Å²) in [5, 5.41) is 4.75. The summed E-state index contributed by atoms with van der Waals surface area (Å²) in [4.78, 5) is 35.3. The molecule has 8 heteroatoms. The van der Waals surface area contributed by atoms with Gasteiger partial charge in [0.2, 0.25) is 0 Å². The van der Waals surface area contributed by atoms with E-state index in [9.17, 15) is 14.4 Å². The molecule has 0 radical (unpaired) electrons. The fourth-order valence-corrected chi connectivity index (χ4v) is 1.89. The molecule has 1 aliphatic carbocycles. The van der Waals surface area contributed by atoms with Gasteiger partial charge in [0, 0.05) is 6.04 Å². The van der Waals surface area contributed by atoms with Gasteiger partial charge in [-0.1, -0.05) is 0 Å². The van der Waals surface area contributed by atoms with Crippen LogP contribution in [0.2, 0.25) is 0 Å². The Morgan fingerprint density at radius 2 is 1.64 bits per heavy atom. The number of hydrogen-bond acceptors (Lipinski definition) is 6. The Morgan fingerprint density at radius 3 is 2.20 bits per heavy atom. The van der Waals surface area contributed by atoms with E-state index in [0.29, 0.717) is 11.5 Å². The second-order valence-electron chi connectivity index (χ2n) is 5.75. The van der Waals surface area contributed by atoms with Crippen molar-refractivity contribution in [2.24, 2.45) is 0 Å². The molecule has 1 aromatic carbocycles. The summed E-state index contributed by atoms with van der Waals surface area (Å²) >= 11 is 0. The van der Waals surface area contributed by atoms with Crippen molar-refractivity contribution in [3.63, 3.8) is 0 Å². The number of hydrogen-bond donors (Lipinski definition) is 2. The van der Waals surface area contributed by atoms with Crippen molar-refractivity contribution in [3.8, 4) is 11.5 Å². The molecular weight excluding hydrogens is 328 g/mol. The molecule has 2 rings (SSSR count). The fourth-order valence-electron chi connectivity index (χ4n) is 1.89. The Labute approximate surface area is 145 Å². The first-order chi connectivity index (χ1) is 11.9. The summed E-state index contributed by atoms with van der Waals surface area (Å²) in [7, 11) is 1.55. The van der Waals surface area contributed by atoms with E-state index < -0.39 is 30.1 Å². The number of methoxy groups -OCH3 is 1. The van der Waals surface area contributed by atoms with Gasteiger partial charge in [-0.05, 0) is 51.0 Å². The third-order valence-electron chi connectivity index (χ3n) is 3.52. The van der Waals surface area contributed by atoms with Crippen LogP contribution < -0.4 is 20.1 Å². The molecule has 1 fully saturated rings. The van der Waals surface area contributed by atoms with E-state index in [1.165, 1.54) is 13.8 Å². The highest BCUT2D eigenvalue weighted by atomic mass is 16.6. The molecule has 2 unspecified atom stereocenters. The van der Waals surface area contributed by atoms with Crippen molar-refractivity contribution >= 4 is 17.9 Å². The van der Waals surface area contributed by atoms with Crippen LogP contribution in [-0.2, 0) is 14.3 Å². The summed E-state index contributed by atoms with van der Waals surface area (Å²) in [6.07, 6.45) is -0.207. The predicted molar refractivity (Wildman–Crippen MR) is 88.3 cm³/mol. The molecule has 0 aromatic heterocycles. The topological polar surface area (TPSA) is 103 Å². The number of carbonyl (C=O) groups is 3. The quantitative estimate of drug-likeness (QED) is 0.720. The van der Waals surface area contributed by atoms with Crippen LogP contribution >= 0.6 is 0 Å². The molecule has 0 saturated heterocycles. The predicted octanol–water partition coefficient (Wildman–Crippen LogP) is 1.38. The van der Waals surface area contributed by atoms with Crippen LogP contribution in [0, 0.1) is 0 Å². The zero-order chi connectivity index (χ0) is 18.4. The lowest BCUT2D eigenvalue weighted by atomic mass is 10.3.